The summed E-state index contributed by atoms with van der Waals surface area (Å²) in [5.41, 5.74) is 2.77. The fraction of sp³-hybridized carbons (Fsp3) is 0.600. The SMILES string of the molecule is CNCc1ccc(Br)cc1N1CCCC1CN(C)C. The Hall–Kier alpha value is -0.580. The van der Waals surface area contributed by atoms with Gasteiger partial charge in [0.2, 0.25) is 0 Å². The number of anilines is 1. The van der Waals surface area contributed by atoms with Crippen LogP contribution < -0.4 is 10.2 Å². The van der Waals surface area contributed by atoms with Crippen molar-refractivity contribution in [1.82, 2.24) is 10.2 Å². The van der Waals surface area contributed by atoms with E-state index in [2.05, 4.69) is 63.3 Å². The van der Waals surface area contributed by atoms with Gasteiger partial charge in [0, 0.05) is 35.8 Å². The number of rotatable bonds is 5. The Morgan fingerprint density at radius 2 is 2.21 bits per heavy atom. The molecule has 1 atom stereocenters. The smallest absolute Gasteiger partial charge is 0.0426 e. The summed E-state index contributed by atoms with van der Waals surface area (Å²) in [6.45, 7) is 3.23. The number of hydrogen-bond acceptors (Lipinski definition) is 3. The fourth-order valence-corrected chi connectivity index (χ4v) is 3.26. The molecule has 1 aromatic carbocycles. The van der Waals surface area contributed by atoms with Crippen molar-refractivity contribution in [1.29, 1.82) is 0 Å². The molecule has 1 saturated heterocycles. The molecule has 1 fully saturated rings. The largest absolute Gasteiger partial charge is 0.367 e. The van der Waals surface area contributed by atoms with E-state index < -0.39 is 0 Å². The number of hydrogen-bond donors (Lipinski definition) is 1. The summed E-state index contributed by atoms with van der Waals surface area (Å²) in [7, 11) is 6.32. The highest BCUT2D eigenvalue weighted by atomic mass is 79.9. The highest BCUT2D eigenvalue weighted by Crippen LogP contribution is 2.31. The first-order valence-corrected chi connectivity index (χ1v) is 7.75. The van der Waals surface area contributed by atoms with E-state index >= 15 is 0 Å². The van der Waals surface area contributed by atoms with Crippen LogP contribution in [0.4, 0.5) is 5.69 Å². The summed E-state index contributed by atoms with van der Waals surface area (Å²) in [5, 5.41) is 3.27. The lowest BCUT2D eigenvalue weighted by Crippen LogP contribution is -2.38. The van der Waals surface area contributed by atoms with E-state index in [9.17, 15) is 0 Å². The monoisotopic (exact) mass is 325 g/mol. The third-order valence-electron chi connectivity index (χ3n) is 3.68. The maximum Gasteiger partial charge on any atom is 0.0426 e. The van der Waals surface area contributed by atoms with Gasteiger partial charge in [0.15, 0.2) is 0 Å². The van der Waals surface area contributed by atoms with Gasteiger partial charge in [-0.25, -0.2) is 0 Å². The minimum Gasteiger partial charge on any atom is -0.367 e. The van der Waals surface area contributed by atoms with E-state index in [0.29, 0.717) is 6.04 Å². The number of likely N-dealkylation sites (N-methyl/N-ethyl adjacent to an activating group) is 1. The summed E-state index contributed by atoms with van der Waals surface area (Å²) in [5.74, 6) is 0. The van der Waals surface area contributed by atoms with Gasteiger partial charge in [-0.05, 0) is 51.7 Å². The third kappa shape index (κ3) is 3.71. The standard InChI is InChI=1S/C15H24BrN3/c1-17-10-12-6-7-13(16)9-15(12)19-8-4-5-14(19)11-18(2)3/h6-7,9,14,17H,4-5,8,10-11H2,1-3H3. The molecule has 0 amide bonds. The summed E-state index contributed by atoms with van der Waals surface area (Å²) >= 11 is 3.61. The molecule has 1 heterocycles. The third-order valence-corrected chi connectivity index (χ3v) is 4.17. The van der Waals surface area contributed by atoms with Crippen LogP contribution in [0.1, 0.15) is 18.4 Å². The molecule has 0 spiro atoms. The summed E-state index contributed by atoms with van der Waals surface area (Å²) < 4.78 is 1.16. The number of benzene rings is 1. The van der Waals surface area contributed by atoms with E-state index in [1.165, 1.54) is 30.6 Å². The molecule has 1 unspecified atom stereocenters. The zero-order valence-corrected chi connectivity index (χ0v) is 13.7. The topological polar surface area (TPSA) is 18.5 Å². The molecular formula is C15H24BrN3. The molecule has 4 heteroatoms. The van der Waals surface area contributed by atoms with Gasteiger partial charge in [-0.15, -0.1) is 0 Å². The van der Waals surface area contributed by atoms with Crippen LogP contribution in [0, 0.1) is 0 Å². The molecule has 0 bridgehead atoms. The van der Waals surface area contributed by atoms with Crippen molar-refractivity contribution in [3.8, 4) is 0 Å². The zero-order valence-electron chi connectivity index (χ0n) is 12.1. The maximum absolute atomic E-state index is 3.61. The van der Waals surface area contributed by atoms with Crippen LogP contribution in [-0.4, -0.2) is 45.2 Å². The Kier molecular flexibility index (Phi) is 5.25. The molecule has 2 rings (SSSR count). The van der Waals surface area contributed by atoms with E-state index in [1.807, 2.05) is 7.05 Å². The van der Waals surface area contributed by atoms with Crippen LogP contribution in [0.5, 0.6) is 0 Å². The Labute approximate surface area is 125 Å². The Morgan fingerprint density at radius 1 is 1.42 bits per heavy atom. The van der Waals surface area contributed by atoms with Crippen molar-refractivity contribution < 1.29 is 0 Å². The number of nitrogens with one attached hydrogen (secondary N) is 1. The highest BCUT2D eigenvalue weighted by molar-refractivity contribution is 9.10. The quantitative estimate of drug-likeness (QED) is 0.898. The van der Waals surface area contributed by atoms with Crippen LogP contribution in [0.25, 0.3) is 0 Å². The van der Waals surface area contributed by atoms with Gasteiger partial charge in [0.1, 0.15) is 0 Å². The van der Waals surface area contributed by atoms with E-state index in [4.69, 9.17) is 0 Å². The van der Waals surface area contributed by atoms with Crippen molar-refractivity contribution in [2.75, 3.05) is 39.1 Å². The second-order valence-electron chi connectivity index (χ2n) is 5.56. The molecule has 1 aromatic rings. The van der Waals surface area contributed by atoms with Crippen molar-refractivity contribution in [2.24, 2.45) is 0 Å². The molecule has 0 saturated carbocycles. The van der Waals surface area contributed by atoms with Crippen LogP contribution in [0.3, 0.4) is 0 Å². The molecule has 3 nitrogen and oxygen atoms in total. The molecular weight excluding hydrogens is 302 g/mol. The van der Waals surface area contributed by atoms with E-state index in [-0.39, 0.29) is 0 Å². The second kappa shape index (κ2) is 6.73. The zero-order chi connectivity index (χ0) is 13.8. The van der Waals surface area contributed by atoms with Crippen molar-refractivity contribution in [2.45, 2.75) is 25.4 Å². The first kappa shape index (κ1) is 14.8. The highest BCUT2D eigenvalue weighted by Gasteiger charge is 2.26. The first-order valence-electron chi connectivity index (χ1n) is 6.96. The average molecular weight is 326 g/mol. The summed E-state index contributed by atoms with van der Waals surface area (Å²) in [6.07, 6.45) is 2.59. The molecule has 0 radical (unpaired) electrons. The van der Waals surface area contributed by atoms with Gasteiger partial charge < -0.3 is 15.1 Å². The summed E-state index contributed by atoms with van der Waals surface area (Å²) in [6, 6.07) is 7.26. The normalized spacial score (nSPS) is 19.4. The number of halogens is 1. The predicted molar refractivity (Wildman–Crippen MR) is 85.8 cm³/mol. The van der Waals surface area contributed by atoms with Gasteiger partial charge in [-0.1, -0.05) is 22.0 Å². The fourth-order valence-electron chi connectivity index (χ4n) is 2.91. The molecule has 1 aliphatic heterocycles. The van der Waals surface area contributed by atoms with Crippen molar-refractivity contribution >= 4 is 21.6 Å². The minimum absolute atomic E-state index is 0.639. The lowest BCUT2D eigenvalue weighted by atomic mass is 10.1. The lowest BCUT2D eigenvalue weighted by Gasteiger charge is -2.31. The lowest BCUT2D eigenvalue weighted by molar-refractivity contribution is 0.372. The van der Waals surface area contributed by atoms with Gasteiger partial charge in [-0.3, -0.25) is 0 Å². The number of nitrogens with zero attached hydrogens (tertiary/aromatic N) is 2. The average Bonchev–Trinajstić information content (AvgIpc) is 2.79. The van der Waals surface area contributed by atoms with E-state index in [0.717, 1.165) is 17.6 Å². The molecule has 0 aromatic heterocycles. The minimum atomic E-state index is 0.639. The van der Waals surface area contributed by atoms with Crippen molar-refractivity contribution in [3.05, 3.63) is 28.2 Å². The maximum atomic E-state index is 3.61. The summed E-state index contributed by atoms with van der Waals surface area (Å²) in [4.78, 5) is 4.87. The van der Waals surface area contributed by atoms with Crippen LogP contribution in [0.15, 0.2) is 22.7 Å². The van der Waals surface area contributed by atoms with E-state index in [1.54, 1.807) is 0 Å². The molecule has 1 aliphatic rings. The van der Waals surface area contributed by atoms with Gasteiger partial charge in [0.05, 0.1) is 0 Å². The van der Waals surface area contributed by atoms with Crippen LogP contribution in [0.2, 0.25) is 0 Å². The van der Waals surface area contributed by atoms with Gasteiger partial charge in [0.25, 0.3) is 0 Å². The molecule has 19 heavy (non-hydrogen) atoms. The Morgan fingerprint density at radius 3 is 2.89 bits per heavy atom. The molecule has 106 valence electrons. The molecule has 0 aliphatic carbocycles. The first-order chi connectivity index (χ1) is 9.11. The Bertz CT molecular complexity index is 420. The Balaban J connectivity index is 2.25. The van der Waals surface area contributed by atoms with Crippen molar-refractivity contribution in [3.63, 3.8) is 0 Å². The van der Waals surface area contributed by atoms with Gasteiger partial charge in [-0.2, -0.15) is 0 Å². The van der Waals surface area contributed by atoms with Crippen LogP contribution >= 0.6 is 15.9 Å². The van der Waals surface area contributed by atoms with Gasteiger partial charge >= 0.3 is 0 Å². The second-order valence-corrected chi connectivity index (χ2v) is 6.47. The van der Waals surface area contributed by atoms with Crippen LogP contribution in [-0.2, 0) is 6.54 Å². The predicted octanol–water partition coefficient (Wildman–Crippen LogP) is 2.70. The molecule has 1 N–H and O–H groups in total.